The van der Waals surface area contributed by atoms with E-state index in [1.165, 1.54) is 12.8 Å². The van der Waals surface area contributed by atoms with Gasteiger partial charge in [0.2, 0.25) is 0 Å². The van der Waals surface area contributed by atoms with E-state index in [9.17, 15) is 9.90 Å². The summed E-state index contributed by atoms with van der Waals surface area (Å²) in [4.78, 5) is 19.9. The highest BCUT2D eigenvalue weighted by Gasteiger charge is 2.46. The molecule has 3 unspecified atom stereocenters. The third kappa shape index (κ3) is 1.71. The Balaban J connectivity index is 1.91. The van der Waals surface area contributed by atoms with Crippen molar-refractivity contribution in [2.45, 2.75) is 32.1 Å². The average molecular weight is 284 g/mol. The predicted octanol–water partition coefficient (Wildman–Crippen LogP) is 2.05. The SMILES string of the molecule is CC1CCC2Cc3c(c(C(=O)O)nn3-c3cnccn3)C12. The zero-order valence-corrected chi connectivity index (χ0v) is 11.7. The second-order valence-corrected chi connectivity index (χ2v) is 6.03. The number of hydrogen-bond acceptors (Lipinski definition) is 4. The summed E-state index contributed by atoms with van der Waals surface area (Å²) >= 11 is 0. The van der Waals surface area contributed by atoms with Crippen molar-refractivity contribution in [3.05, 3.63) is 35.5 Å². The van der Waals surface area contributed by atoms with Gasteiger partial charge in [-0.25, -0.2) is 14.5 Å². The number of carboxylic acid groups (broad SMARTS) is 1. The first kappa shape index (κ1) is 12.5. The average Bonchev–Trinajstić information content (AvgIpc) is 3.11. The number of rotatable bonds is 2. The van der Waals surface area contributed by atoms with Gasteiger partial charge in [-0.3, -0.25) is 4.98 Å². The predicted molar refractivity (Wildman–Crippen MR) is 74.4 cm³/mol. The van der Waals surface area contributed by atoms with Crippen molar-refractivity contribution in [3.63, 3.8) is 0 Å². The van der Waals surface area contributed by atoms with Crippen LogP contribution in [0, 0.1) is 11.8 Å². The van der Waals surface area contributed by atoms with Gasteiger partial charge in [-0.05, 0) is 37.0 Å². The van der Waals surface area contributed by atoms with Gasteiger partial charge < -0.3 is 5.11 Å². The van der Waals surface area contributed by atoms with Gasteiger partial charge in [0, 0.05) is 18.0 Å². The van der Waals surface area contributed by atoms with Gasteiger partial charge in [0.1, 0.15) is 0 Å². The summed E-state index contributed by atoms with van der Waals surface area (Å²) in [6.07, 6.45) is 8.05. The Hall–Kier alpha value is -2.24. The van der Waals surface area contributed by atoms with Gasteiger partial charge in [0.15, 0.2) is 11.5 Å². The lowest BCUT2D eigenvalue weighted by Gasteiger charge is -2.14. The molecular formula is C15H16N4O2. The molecule has 108 valence electrons. The molecule has 0 amide bonds. The summed E-state index contributed by atoms with van der Waals surface area (Å²) in [5.41, 5.74) is 2.13. The van der Waals surface area contributed by atoms with Crippen LogP contribution in [0.25, 0.3) is 5.82 Å². The normalized spacial score (nSPS) is 26.6. The molecule has 4 rings (SSSR count). The molecule has 3 atom stereocenters. The molecule has 6 heteroatoms. The molecule has 2 aliphatic rings. The molecule has 2 aromatic rings. The van der Waals surface area contributed by atoms with Crippen molar-refractivity contribution in [1.82, 2.24) is 19.7 Å². The number of carboxylic acids is 1. The van der Waals surface area contributed by atoms with E-state index in [0.29, 0.717) is 23.6 Å². The lowest BCUT2D eigenvalue weighted by Crippen LogP contribution is -2.11. The standard InChI is InChI=1S/C15H16N4O2/c1-8-2-3-9-6-10-13(12(8)9)14(15(20)21)18-19(10)11-7-16-4-5-17-11/h4-5,7-9,12H,2-3,6H2,1H3,(H,20,21). The maximum atomic E-state index is 11.6. The highest BCUT2D eigenvalue weighted by Crippen LogP contribution is 2.52. The van der Waals surface area contributed by atoms with Crippen molar-refractivity contribution < 1.29 is 9.90 Å². The van der Waals surface area contributed by atoms with Crippen LogP contribution in [0.2, 0.25) is 0 Å². The molecule has 6 nitrogen and oxygen atoms in total. The molecule has 2 aliphatic carbocycles. The fourth-order valence-electron chi connectivity index (χ4n) is 4.06. The molecule has 1 fully saturated rings. The van der Waals surface area contributed by atoms with Crippen LogP contribution in [0.3, 0.4) is 0 Å². The van der Waals surface area contributed by atoms with Crippen molar-refractivity contribution in [3.8, 4) is 5.82 Å². The fraction of sp³-hybridized carbons (Fsp3) is 0.467. The minimum Gasteiger partial charge on any atom is -0.476 e. The summed E-state index contributed by atoms with van der Waals surface area (Å²) in [6, 6.07) is 0. The van der Waals surface area contributed by atoms with Crippen LogP contribution in [0.5, 0.6) is 0 Å². The van der Waals surface area contributed by atoms with E-state index < -0.39 is 5.97 Å². The molecule has 2 aromatic heterocycles. The molecule has 21 heavy (non-hydrogen) atoms. The topological polar surface area (TPSA) is 80.9 Å². The van der Waals surface area contributed by atoms with Gasteiger partial charge in [0.25, 0.3) is 0 Å². The Bertz CT molecular complexity index is 710. The molecule has 0 spiro atoms. The van der Waals surface area contributed by atoms with E-state index >= 15 is 0 Å². The van der Waals surface area contributed by atoms with Gasteiger partial charge in [-0.2, -0.15) is 5.10 Å². The van der Waals surface area contributed by atoms with Crippen LogP contribution in [-0.4, -0.2) is 30.8 Å². The summed E-state index contributed by atoms with van der Waals surface area (Å²) < 4.78 is 1.68. The van der Waals surface area contributed by atoms with Crippen LogP contribution < -0.4 is 0 Å². The largest absolute Gasteiger partial charge is 0.476 e. The van der Waals surface area contributed by atoms with E-state index in [4.69, 9.17) is 0 Å². The number of nitrogens with zero attached hydrogens (tertiary/aromatic N) is 4. The quantitative estimate of drug-likeness (QED) is 0.912. The molecule has 1 N–H and O–H groups in total. The number of fused-ring (bicyclic) bond motifs is 3. The second-order valence-electron chi connectivity index (χ2n) is 6.03. The van der Waals surface area contributed by atoms with Gasteiger partial charge >= 0.3 is 5.97 Å². The van der Waals surface area contributed by atoms with Crippen LogP contribution in [0.1, 0.15) is 47.4 Å². The highest BCUT2D eigenvalue weighted by atomic mass is 16.4. The second kappa shape index (κ2) is 4.38. The van der Waals surface area contributed by atoms with Crippen molar-refractivity contribution in [2.75, 3.05) is 0 Å². The maximum absolute atomic E-state index is 11.6. The summed E-state index contributed by atoms with van der Waals surface area (Å²) in [7, 11) is 0. The third-order valence-corrected chi connectivity index (χ3v) is 4.89. The smallest absolute Gasteiger partial charge is 0.356 e. The first-order valence-electron chi connectivity index (χ1n) is 7.28. The minimum absolute atomic E-state index is 0.192. The number of aromatic nitrogens is 4. The van der Waals surface area contributed by atoms with Crippen molar-refractivity contribution >= 4 is 5.97 Å². The molecule has 0 radical (unpaired) electrons. The monoisotopic (exact) mass is 284 g/mol. The molecule has 1 saturated carbocycles. The first-order valence-corrected chi connectivity index (χ1v) is 7.28. The zero-order chi connectivity index (χ0) is 14.6. The number of hydrogen-bond donors (Lipinski definition) is 1. The molecule has 0 aliphatic heterocycles. The maximum Gasteiger partial charge on any atom is 0.356 e. The lowest BCUT2D eigenvalue weighted by molar-refractivity contribution is 0.0688. The number of aromatic carboxylic acids is 1. The van der Waals surface area contributed by atoms with E-state index in [1.54, 1.807) is 23.3 Å². The van der Waals surface area contributed by atoms with E-state index in [-0.39, 0.29) is 5.69 Å². The fourth-order valence-corrected chi connectivity index (χ4v) is 4.06. The summed E-state index contributed by atoms with van der Waals surface area (Å²) in [5, 5.41) is 13.8. The highest BCUT2D eigenvalue weighted by molar-refractivity contribution is 5.88. The minimum atomic E-state index is -0.950. The van der Waals surface area contributed by atoms with E-state index in [1.807, 2.05) is 0 Å². The van der Waals surface area contributed by atoms with Crippen molar-refractivity contribution in [2.24, 2.45) is 11.8 Å². The Kier molecular flexibility index (Phi) is 2.60. The summed E-state index contributed by atoms with van der Waals surface area (Å²) in [6.45, 7) is 2.21. The Morgan fingerprint density at radius 1 is 1.38 bits per heavy atom. The van der Waals surface area contributed by atoms with Gasteiger partial charge in [0.05, 0.1) is 11.9 Å². The lowest BCUT2D eigenvalue weighted by atomic mass is 9.89. The first-order chi connectivity index (χ1) is 10.2. The molecule has 0 bridgehead atoms. The summed E-state index contributed by atoms with van der Waals surface area (Å²) in [5.74, 6) is 1.04. The molecule has 0 saturated heterocycles. The van der Waals surface area contributed by atoms with Crippen molar-refractivity contribution in [1.29, 1.82) is 0 Å². The Labute approximate surface area is 121 Å². The third-order valence-electron chi connectivity index (χ3n) is 4.89. The van der Waals surface area contributed by atoms with Crippen LogP contribution in [0.4, 0.5) is 0 Å². The van der Waals surface area contributed by atoms with E-state index in [0.717, 1.165) is 17.7 Å². The van der Waals surface area contributed by atoms with Crippen LogP contribution in [0.15, 0.2) is 18.6 Å². The van der Waals surface area contributed by atoms with Crippen LogP contribution >= 0.6 is 0 Å². The number of carbonyl (C=O) groups is 1. The molecular weight excluding hydrogens is 268 g/mol. The van der Waals surface area contributed by atoms with Gasteiger partial charge in [-0.15, -0.1) is 0 Å². The van der Waals surface area contributed by atoms with E-state index in [2.05, 4.69) is 22.0 Å². The molecule has 2 heterocycles. The molecule has 0 aromatic carbocycles. The van der Waals surface area contributed by atoms with Crippen LogP contribution in [-0.2, 0) is 6.42 Å². The Morgan fingerprint density at radius 3 is 2.95 bits per heavy atom. The zero-order valence-electron chi connectivity index (χ0n) is 11.7. The Morgan fingerprint density at radius 2 is 2.24 bits per heavy atom. The van der Waals surface area contributed by atoms with Gasteiger partial charge in [-0.1, -0.05) is 6.92 Å².